The van der Waals surface area contributed by atoms with Crippen LogP contribution in [0.3, 0.4) is 0 Å². The number of ether oxygens (including phenoxy) is 1. The van der Waals surface area contributed by atoms with Crippen molar-refractivity contribution in [2.75, 3.05) is 26.4 Å². The molecule has 0 aliphatic carbocycles. The summed E-state index contributed by atoms with van der Waals surface area (Å²) in [6, 6.07) is 8.80. The Hall–Kier alpha value is -3.75. The molecule has 1 aromatic rings. The number of esters is 1. The molecule has 12 nitrogen and oxygen atoms in total. The van der Waals surface area contributed by atoms with Gasteiger partial charge in [0.1, 0.15) is 18.7 Å². The molecule has 3 unspecified atom stereocenters. The van der Waals surface area contributed by atoms with Crippen molar-refractivity contribution in [2.45, 2.75) is 116 Å². The minimum absolute atomic E-state index is 0.0239. The van der Waals surface area contributed by atoms with E-state index in [1.54, 1.807) is 35.6 Å². The van der Waals surface area contributed by atoms with Gasteiger partial charge in [-0.05, 0) is 65.4 Å². The summed E-state index contributed by atoms with van der Waals surface area (Å²) < 4.78 is 57.0. The molecule has 0 fully saturated rings. The van der Waals surface area contributed by atoms with Crippen LogP contribution < -0.4 is 16.0 Å². The second kappa shape index (κ2) is 25.2. The molecule has 0 aliphatic rings. The van der Waals surface area contributed by atoms with Crippen LogP contribution in [0.1, 0.15) is 84.6 Å². The van der Waals surface area contributed by atoms with Gasteiger partial charge in [0.2, 0.25) is 11.8 Å². The minimum Gasteiger partial charge on any atom is -0.462 e. The number of benzene rings is 1. The Kier molecular flexibility index (Phi) is 22.4. The molecule has 0 aromatic heterocycles. The Morgan fingerprint density at radius 2 is 1.57 bits per heavy atom. The lowest BCUT2D eigenvalue weighted by atomic mass is 10.0. The fraction of sp³-hybridized carbons (Fsp3) is 0.629. The third-order valence-corrected chi connectivity index (χ3v) is 9.27. The average molecular weight is 742 g/mol. The van der Waals surface area contributed by atoms with E-state index in [1.807, 2.05) is 38.4 Å². The summed E-state index contributed by atoms with van der Waals surface area (Å²) in [5.41, 5.74) is 0.757. The van der Waals surface area contributed by atoms with Crippen LogP contribution in [0.15, 0.2) is 30.3 Å². The van der Waals surface area contributed by atoms with Gasteiger partial charge in [0, 0.05) is 37.9 Å². The zero-order valence-electron chi connectivity index (χ0n) is 29.8. The van der Waals surface area contributed by atoms with Crippen LogP contribution in [0, 0.1) is 23.7 Å². The molecular weight excluding hydrogens is 690 g/mol. The maximum absolute atomic E-state index is 13.6. The van der Waals surface area contributed by atoms with Crippen LogP contribution >= 0.6 is 8.53 Å². The Morgan fingerprint density at radius 3 is 2.18 bits per heavy atom. The smallest absolute Gasteiger partial charge is 0.462 e. The van der Waals surface area contributed by atoms with Gasteiger partial charge in [-0.1, -0.05) is 30.3 Å². The van der Waals surface area contributed by atoms with Gasteiger partial charge in [-0.3, -0.25) is 14.4 Å². The molecule has 0 bridgehead atoms. The van der Waals surface area contributed by atoms with Crippen molar-refractivity contribution in [1.82, 2.24) is 20.6 Å². The summed E-state index contributed by atoms with van der Waals surface area (Å²) in [7, 11) is -1.59. The molecular formula is C35H51F3N5O7P. The Bertz CT molecular complexity index is 1280. The number of hydrogen-bond acceptors (Lipinski definition) is 9. The predicted molar refractivity (Wildman–Crippen MR) is 186 cm³/mol. The standard InChI is InChI=1S/C35H51F3N5O7P/c1-6-7-8-12-19-31(44)41-30(25-28-16-10-9-11-17-28)32(45)42-29(18-13-14-21-40-34(47)35(36,37)38)33(46)48-23-24-50-51(49-22-15-20-39)43(26(2)3)27(4)5/h1,9-11,16-17,26-27,29-30H,7-8,12-15,18-19,21-25H2,2-5H3,(H,40,47)(H,41,44)(H,42,45). The van der Waals surface area contributed by atoms with Crippen LogP contribution in [0.25, 0.3) is 0 Å². The first-order valence-electron chi connectivity index (χ1n) is 17.0. The van der Waals surface area contributed by atoms with E-state index in [4.69, 9.17) is 25.5 Å². The van der Waals surface area contributed by atoms with Gasteiger partial charge in [-0.15, -0.1) is 12.3 Å². The zero-order valence-corrected chi connectivity index (χ0v) is 30.7. The number of terminal acetylenes is 1. The molecule has 1 aromatic carbocycles. The lowest BCUT2D eigenvalue weighted by Crippen LogP contribution is -2.52. The van der Waals surface area contributed by atoms with E-state index < -0.39 is 44.6 Å². The van der Waals surface area contributed by atoms with Crippen LogP contribution in [-0.2, 0) is 39.4 Å². The van der Waals surface area contributed by atoms with Gasteiger partial charge in [0.05, 0.1) is 25.7 Å². The number of alkyl halides is 3. The molecule has 0 saturated carbocycles. The van der Waals surface area contributed by atoms with Crippen LogP contribution in [0.5, 0.6) is 0 Å². The number of nitriles is 1. The van der Waals surface area contributed by atoms with Crippen molar-refractivity contribution in [3.8, 4) is 18.4 Å². The third-order valence-electron chi connectivity index (χ3n) is 7.16. The van der Waals surface area contributed by atoms with E-state index in [2.05, 4.69) is 16.6 Å². The highest BCUT2D eigenvalue weighted by molar-refractivity contribution is 7.44. The maximum atomic E-state index is 13.6. The Balaban J connectivity index is 3.04. The highest BCUT2D eigenvalue weighted by Crippen LogP contribution is 2.45. The van der Waals surface area contributed by atoms with Crippen LogP contribution in [0.4, 0.5) is 13.2 Å². The number of hydrogen-bond donors (Lipinski definition) is 3. The van der Waals surface area contributed by atoms with Crippen molar-refractivity contribution in [2.24, 2.45) is 0 Å². The molecule has 51 heavy (non-hydrogen) atoms. The molecule has 0 radical (unpaired) electrons. The molecule has 284 valence electrons. The number of amides is 3. The van der Waals surface area contributed by atoms with Gasteiger partial charge < -0.3 is 29.7 Å². The molecule has 16 heteroatoms. The number of nitrogens with zero attached hydrogens (tertiary/aromatic N) is 2. The van der Waals surface area contributed by atoms with Crippen molar-refractivity contribution >= 4 is 32.2 Å². The second-order valence-corrected chi connectivity index (χ2v) is 13.5. The van der Waals surface area contributed by atoms with Crippen LogP contribution in [0.2, 0.25) is 0 Å². The van der Waals surface area contributed by atoms with E-state index in [1.165, 1.54) is 0 Å². The average Bonchev–Trinajstić information content (AvgIpc) is 3.07. The first-order chi connectivity index (χ1) is 24.2. The van der Waals surface area contributed by atoms with Crippen molar-refractivity contribution in [1.29, 1.82) is 5.26 Å². The molecule has 3 atom stereocenters. The lowest BCUT2D eigenvalue weighted by molar-refractivity contribution is -0.173. The Morgan fingerprint density at radius 1 is 0.902 bits per heavy atom. The minimum atomic E-state index is -5.02. The van der Waals surface area contributed by atoms with E-state index in [0.717, 1.165) is 5.56 Å². The SMILES string of the molecule is C#CCCCCC(=O)NC(Cc1ccccc1)C(=O)NC(CCCCNC(=O)C(F)(F)F)C(=O)OCCOP(OCCC#N)N(C(C)C)C(C)C. The maximum Gasteiger partial charge on any atom is 0.471 e. The lowest BCUT2D eigenvalue weighted by Gasteiger charge is -2.35. The summed E-state index contributed by atoms with van der Waals surface area (Å²) in [5, 5.41) is 16.1. The molecule has 0 spiro atoms. The quantitative estimate of drug-likeness (QED) is 0.0538. The molecule has 0 saturated heterocycles. The Labute approximate surface area is 300 Å². The largest absolute Gasteiger partial charge is 0.471 e. The number of carbonyl (C=O) groups excluding carboxylic acids is 4. The monoisotopic (exact) mass is 741 g/mol. The van der Waals surface area contributed by atoms with E-state index in [0.29, 0.717) is 19.3 Å². The fourth-order valence-corrected chi connectivity index (χ4v) is 6.38. The highest BCUT2D eigenvalue weighted by Gasteiger charge is 2.38. The summed E-state index contributed by atoms with van der Waals surface area (Å²) >= 11 is 0. The highest BCUT2D eigenvalue weighted by atomic mass is 31.2. The van der Waals surface area contributed by atoms with Crippen molar-refractivity contribution < 1.29 is 46.1 Å². The second-order valence-electron chi connectivity index (χ2n) is 12.1. The van der Waals surface area contributed by atoms with E-state index in [9.17, 15) is 32.3 Å². The van der Waals surface area contributed by atoms with Crippen LogP contribution in [-0.4, -0.2) is 85.1 Å². The first kappa shape index (κ1) is 45.3. The number of rotatable bonds is 25. The number of halogens is 3. The summed E-state index contributed by atoms with van der Waals surface area (Å²) in [5.74, 6) is -1.40. The van der Waals surface area contributed by atoms with Gasteiger partial charge >= 0.3 is 18.1 Å². The molecule has 3 N–H and O–H groups in total. The fourth-order valence-electron chi connectivity index (χ4n) is 4.81. The van der Waals surface area contributed by atoms with Crippen molar-refractivity contribution in [3.63, 3.8) is 0 Å². The topological polar surface area (TPSA) is 159 Å². The molecule has 0 aliphatic heterocycles. The molecule has 3 amide bonds. The number of nitrogens with one attached hydrogen (secondary N) is 3. The number of carbonyl (C=O) groups is 4. The van der Waals surface area contributed by atoms with Gasteiger partial charge in [0.25, 0.3) is 8.53 Å². The van der Waals surface area contributed by atoms with Gasteiger partial charge in [-0.25, -0.2) is 9.46 Å². The molecule has 0 heterocycles. The zero-order chi connectivity index (χ0) is 38.2. The van der Waals surface area contributed by atoms with E-state index in [-0.39, 0.29) is 82.9 Å². The van der Waals surface area contributed by atoms with Gasteiger partial charge in [0.15, 0.2) is 0 Å². The normalized spacial score (nSPS) is 13.2. The van der Waals surface area contributed by atoms with E-state index >= 15 is 0 Å². The summed E-state index contributed by atoms with van der Waals surface area (Å²) in [6.45, 7) is 7.48. The van der Waals surface area contributed by atoms with Gasteiger partial charge in [-0.2, -0.15) is 18.4 Å². The predicted octanol–water partition coefficient (Wildman–Crippen LogP) is 5.08. The van der Waals surface area contributed by atoms with Crippen molar-refractivity contribution in [3.05, 3.63) is 35.9 Å². The number of unbranched alkanes of at least 4 members (excludes halogenated alkanes) is 3. The summed E-state index contributed by atoms with van der Waals surface area (Å²) in [6.07, 6.45) is 2.57. The summed E-state index contributed by atoms with van der Waals surface area (Å²) in [4.78, 5) is 50.8. The first-order valence-corrected chi connectivity index (χ1v) is 18.1. The third kappa shape index (κ3) is 19.4. The molecule has 1 rings (SSSR count).